The summed E-state index contributed by atoms with van der Waals surface area (Å²) in [6, 6.07) is 6.22. The van der Waals surface area contributed by atoms with Crippen LogP contribution in [0.2, 0.25) is 0 Å². The van der Waals surface area contributed by atoms with E-state index >= 15 is 0 Å². The van der Waals surface area contributed by atoms with Crippen LogP contribution in [0.4, 0.5) is 5.69 Å². The molecule has 2 rings (SSSR count). The van der Waals surface area contributed by atoms with E-state index in [0.717, 1.165) is 31.0 Å². The van der Waals surface area contributed by atoms with Crippen LogP contribution < -0.4 is 10.6 Å². The molecule has 0 heterocycles. The number of anilines is 1. The Morgan fingerprint density at radius 1 is 1.44 bits per heavy atom. The average Bonchev–Trinajstić information content (AvgIpc) is 3.12. The van der Waals surface area contributed by atoms with E-state index in [1.54, 1.807) is 0 Å². The predicted molar refractivity (Wildman–Crippen MR) is 82.3 cm³/mol. The van der Waals surface area contributed by atoms with Gasteiger partial charge in [0.15, 0.2) is 0 Å². The molecule has 0 atom stereocenters. The van der Waals surface area contributed by atoms with Gasteiger partial charge in [0.25, 0.3) is 0 Å². The van der Waals surface area contributed by atoms with Gasteiger partial charge in [0.2, 0.25) is 0 Å². The van der Waals surface area contributed by atoms with Gasteiger partial charge in [0.05, 0.1) is 0 Å². The molecule has 0 aliphatic heterocycles. The molecule has 0 amide bonds. The largest absolute Gasteiger partial charge is 0.389 e. The van der Waals surface area contributed by atoms with Crippen LogP contribution in [0.1, 0.15) is 37.3 Å². The molecule has 0 aromatic heterocycles. The lowest BCUT2D eigenvalue weighted by Crippen LogP contribution is -2.29. The van der Waals surface area contributed by atoms with Gasteiger partial charge < -0.3 is 10.6 Å². The summed E-state index contributed by atoms with van der Waals surface area (Å²) in [5.74, 6) is 0.871. The highest BCUT2D eigenvalue weighted by Gasteiger charge is 2.26. The second-order valence-corrected chi connectivity index (χ2v) is 5.66. The number of nitrogens with two attached hydrogens (primary N) is 1. The van der Waals surface area contributed by atoms with Crippen molar-refractivity contribution in [1.82, 2.24) is 0 Å². The third-order valence-corrected chi connectivity index (χ3v) is 3.71. The van der Waals surface area contributed by atoms with Crippen molar-refractivity contribution in [3.8, 4) is 0 Å². The molecule has 0 bridgehead atoms. The van der Waals surface area contributed by atoms with Gasteiger partial charge in [-0.3, -0.25) is 0 Å². The zero-order valence-electron chi connectivity index (χ0n) is 11.3. The van der Waals surface area contributed by atoms with E-state index < -0.39 is 0 Å². The molecule has 0 spiro atoms. The first-order valence-electron chi connectivity index (χ1n) is 6.77. The summed E-state index contributed by atoms with van der Waals surface area (Å²) in [7, 11) is 0. The van der Waals surface area contributed by atoms with Gasteiger partial charge in [-0.05, 0) is 43.7 Å². The predicted octanol–water partition coefficient (Wildman–Crippen LogP) is 3.26. The smallest absolute Gasteiger partial charge is 0.106 e. The Kier molecular flexibility index (Phi) is 4.23. The summed E-state index contributed by atoms with van der Waals surface area (Å²) in [5.41, 5.74) is 9.42. The minimum Gasteiger partial charge on any atom is -0.389 e. The number of hydrogen-bond acceptors (Lipinski definition) is 2. The van der Waals surface area contributed by atoms with Crippen LogP contribution in [0.15, 0.2) is 18.2 Å². The number of hydrogen-bond donors (Lipinski definition) is 1. The van der Waals surface area contributed by atoms with Crippen molar-refractivity contribution in [2.45, 2.75) is 33.1 Å². The standard InChI is InChI=1S/C15H22N2S/c1-3-9-17(10-12-7-8-12)14-11(2)5-4-6-13(14)15(16)18/h4-6,12H,3,7-10H2,1-2H3,(H2,16,18). The zero-order chi connectivity index (χ0) is 13.1. The molecule has 1 aliphatic carbocycles. The fraction of sp³-hybridized carbons (Fsp3) is 0.533. The zero-order valence-corrected chi connectivity index (χ0v) is 12.1. The Hall–Kier alpha value is -1.09. The van der Waals surface area contributed by atoms with Gasteiger partial charge in [0.1, 0.15) is 4.99 Å². The van der Waals surface area contributed by atoms with Crippen molar-refractivity contribution in [2.24, 2.45) is 11.7 Å². The van der Waals surface area contributed by atoms with E-state index in [4.69, 9.17) is 18.0 Å². The summed E-state index contributed by atoms with van der Waals surface area (Å²) >= 11 is 5.19. The van der Waals surface area contributed by atoms with E-state index in [9.17, 15) is 0 Å². The topological polar surface area (TPSA) is 29.3 Å². The maximum Gasteiger partial charge on any atom is 0.106 e. The van der Waals surface area contributed by atoms with E-state index in [2.05, 4.69) is 24.8 Å². The van der Waals surface area contributed by atoms with Gasteiger partial charge in [-0.25, -0.2) is 0 Å². The summed E-state index contributed by atoms with van der Waals surface area (Å²) in [6.45, 7) is 6.59. The quantitative estimate of drug-likeness (QED) is 0.798. The summed E-state index contributed by atoms with van der Waals surface area (Å²) in [4.78, 5) is 2.98. The van der Waals surface area contributed by atoms with Crippen molar-refractivity contribution in [2.75, 3.05) is 18.0 Å². The van der Waals surface area contributed by atoms with Crippen molar-refractivity contribution < 1.29 is 0 Å². The number of para-hydroxylation sites is 1. The summed E-state index contributed by atoms with van der Waals surface area (Å²) < 4.78 is 0. The highest BCUT2D eigenvalue weighted by atomic mass is 32.1. The average molecular weight is 262 g/mol. The minimum atomic E-state index is 0.505. The van der Waals surface area contributed by atoms with Gasteiger partial charge in [-0.15, -0.1) is 0 Å². The molecule has 18 heavy (non-hydrogen) atoms. The molecule has 3 heteroatoms. The van der Waals surface area contributed by atoms with Crippen LogP contribution in [0.5, 0.6) is 0 Å². The van der Waals surface area contributed by atoms with Crippen LogP contribution in [-0.4, -0.2) is 18.1 Å². The van der Waals surface area contributed by atoms with Gasteiger partial charge in [-0.1, -0.05) is 31.3 Å². The van der Waals surface area contributed by atoms with Crippen molar-refractivity contribution in [1.29, 1.82) is 0 Å². The van der Waals surface area contributed by atoms with Crippen LogP contribution in [0.25, 0.3) is 0 Å². The van der Waals surface area contributed by atoms with Crippen LogP contribution in [0, 0.1) is 12.8 Å². The first kappa shape index (κ1) is 13.3. The van der Waals surface area contributed by atoms with Crippen LogP contribution in [0.3, 0.4) is 0 Å². The van der Waals surface area contributed by atoms with E-state index in [-0.39, 0.29) is 0 Å². The van der Waals surface area contributed by atoms with E-state index in [1.165, 1.54) is 24.1 Å². The molecule has 1 aliphatic rings. The lowest BCUT2D eigenvalue weighted by molar-refractivity contribution is 0.706. The Bertz CT molecular complexity index is 438. The molecule has 0 unspecified atom stereocenters. The van der Waals surface area contributed by atoms with E-state index in [1.807, 2.05) is 12.1 Å². The van der Waals surface area contributed by atoms with Crippen molar-refractivity contribution in [3.05, 3.63) is 29.3 Å². The first-order valence-corrected chi connectivity index (χ1v) is 7.18. The lowest BCUT2D eigenvalue weighted by atomic mass is 10.1. The van der Waals surface area contributed by atoms with Gasteiger partial charge in [-0.2, -0.15) is 0 Å². The second kappa shape index (κ2) is 5.70. The highest BCUT2D eigenvalue weighted by Crippen LogP contribution is 2.33. The van der Waals surface area contributed by atoms with Gasteiger partial charge in [0, 0.05) is 24.3 Å². The summed E-state index contributed by atoms with van der Waals surface area (Å²) in [6.07, 6.45) is 3.89. The molecule has 2 N–H and O–H groups in total. The number of benzene rings is 1. The molecule has 0 radical (unpaired) electrons. The number of nitrogens with zero attached hydrogens (tertiary/aromatic N) is 1. The van der Waals surface area contributed by atoms with E-state index in [0.29, 0.717) is 4.99 Å². The molecule has 98 valence electrons. The monoisotopic (exact) mass is 262 g/mol. The lowest BCUT2D eigenvalue weighted by Gasteiger charge is -2.28. The molecule has 1 aromatic carbocycles. The Balaban J connectivity index is 2.34. The van der Waals surface area contributed by atoms with Crippen molar-refractivity contribution >= 4 is 22.9 Å². The molecule has 1 saturated carbocycles. The summed E-state index contributed by atoms with van der Waals surface area (Å²) in [5, 5.41) is 0. The Morgan fingerprint density at radius 2 is 2.17 bits per heavy atom. The Morgan fingerprint density at radius 3 is 2.72 bits per heavy atom. The second-order valence-electron chi connectivity index (χ2n) is 5.22. The molecular formula is C15H22N2S. The highest BCUT2D eigenvalue weighted by molar-refractivity contribution is 7.80. The van der Waals surface area contributed by atoms with Gasteiger partial charge >= 0.3 is 0 Å². The van der Waals surface area contributed by atoms with Crippen molar-refractivity contribution in [3.63, 3.8) is 0 Å². The normalized spacial score (nSPS) is 14.6. The molecule has 1 aromatic rings. The third kappa shape index (κ3) is 3.02. The maximum atomic E-state index is 5.87. The fourth-order valence-corrected chi connectivity index (χ4v) is 2.62. The van der Waals surface area contributed by atoms with Crippen LogP contribution in [-0.2, 0) is 0 Å². The molecule has 0 saturated heterocycles. The number of rotatable bonds is 6. The molecule has 1 fully saturated rings. The number of aryl methyl sites for hydroxylation is 1. The SMILES string of the molecule is CCCN(CC1CC1)c1c(C)cccc1C(N)=S. The minimum absolute atomic E-state index is 0.505. The fourth-order valence-electron chi connectivity index (χ4n) is 2.45. The maximum absolute atomic E-state index is 5.87. The first-order chi connectivity index (χ1) is 8.63. The molecular weight excluding hydrogens is 240 g/mol. The van der Waals surface area contributed by atoms with Crippen LogP contribution >= 0.6 is 12.2 Å². The third-order valence-electron chi connectivity index (χ3n) is 3.49. The number of thiocarbonyl (C=S) groups is 1. The Labute approximate surface area is 115 Å². The molecule has 2 nitrogen and oxygen atoms in total.